The van der Waals surface area contributed by atoms with Gasteiger partial charge in [0.15, 0.2) is 0 Å². The topological polar surface area (TPSA) is 18.5 Å². The monoisotopic (exact) mass is 253 g/mol. The van der Waals surface area contributed by atoms with Crippen LogP contribution in [0.3, 0.4) is 0 Å². The van der Waals surface area contributed by atoms with Crippen LogP contribution in [0.4, 0.5) is 0 Å². The van der Waals surface area contributed by atoms with Crippen molar-refractivity contribution in [2.45, 2.75) is 58.0 Å². The Hall–Kier alpha value is -0.120. The van der Waals surface area contributed by atoms with Gasteiger partial charge in [-0.05, 0) is 64.8 Å². The van der Waals surface area contributed by atoms with Crippen molar-refractivity contribution in [2.24, 2.45) is 0 Å². The Kier molecular flexibility index (Phi) is 5.93. The molecule has 1 N–H and O–H groups in total. The van der Waals surface area contributed by atoms with Crippen LogP contribution < -0.4 is 5.32 Å². The maximum Gasteiger partial charge on any atom is 0.0235 e. The summed E-state index contributed by atoms with van der Waals surface area (Å²) >= 11 is 0. The molecule has 2 rings (SSSR count). The molecule has 0 spiro atoms. The molecule has 106 valence electrons. The summed E-state index contributed by atoms with van der Waals surface area (Å²) in [6.07, 6.45) is 6.83. The maximum absolute atomic E-state index is 3.52. The summed E-state index contributed by atoms with van der Waals surface area (Å²) in [7, 11) is 0. The van der Waals surface area contributed by atoms with E-state index in [0.717, 1.165) is 12.1 Å². The Balaban J connectivity index is 1.86. The van der Waals surface area contributed by atoms with Crippen molar-refractivity contribution in [3.8, 4) is 0 Å². The van der Waals surface area contributed by atoms with Crippen molar-refractivity contribution in [1.82, 2.24) is 15.1 Å². The van der Waals surface area contributed by atoms with Gasteiger partial charge in [0.25, 0.3) is 0 Å². The van der Waals surface area contributed by atoms with Gasteiger partial charge in [-0.15, -0.1) is 0 Å². The highest BCUT2D eigenvalue weighted by Gasteiger charge is 2.28. The van der Waals surface area contributed by atoms with E-state index in [9.17, 15) is 0 Å². The van der Waals surface area contributed by atoms with Gasteiger partial charge in [0.05, 0.1) is 0 Å². The number of nitrogens with one attached hydrogen (secondary N) is 1. The molecule has 0 radical (unpaired) electrons. The molecule has 3 nitrogen and oxygen atoms in total. The minimum atomic E-state index is 0.803. The number of likely N-dealkylation sites (N-methyl/N-ethyl adjacent to an activating group) is 1. The van der Waals surface area contributed by atoms with Crippen molar-refractivity contribution in [3.63, 3.8) is 0 Å². The molecule has 2 fully saturated rings. The van der Waals surface area contributed by atoms with Crippen molar-refractivity contribution in [2.75, 3.05) is 39.3 Å². The molecule has 0 amide bonds. The molecular weight excluding hydrogens is 222 g/mol. The van der Waals surface area contributed by atoms with Gasteiger partial charge in [-0.25, -0.2) is 0 Å². The molecule has 0 aliphatic carbocycles. The van der Waals surface area contributed by atoms with Crippen LogP contribution in [0.25, 0.3) is 0 Å². The fourth-order valence-corrected chi connectivity index (χ4v) is 3.75. The van der Waals surface area contributed by atoms with Gasteiger partial charge in [-0.1, -0.05) is 13.8 Å². The Morgan fingerprint density at radius 2 is 2.00 bits per heavy atom. The van der Waals surface area contributed by atoms with Crippen LogP contribution in [0.15, 0.2) is 0 Å². The Morgan fingerprint density at radius 3 is 2.67 bits per heavy atom. The van der Waals surface area contributed by atoms with Crippen LogP contribution in [-0.2, 0) is 0 Å². The average Bonchev–Trinajstić information content (AvgIpc) is 2.80. The van der Waals surface area contributed by atoms with E-state index < -0.39 is 0 Å². The fraction of sp³-hybridized carbons (Fsp3) is 1.00. The molecule has 2 atom stereocenters. The second-order valence-corrected chi connectivity index (χ2v) is 5.90. The van der Waals surface area contributed by atoms with Crippen LogP contribution in [0, 0.1) is 0 Å². The largest absolute Gasteiger partial charge is 0.315 e. The summed E-state index contributed by atoms with van der Waals surface area (Å²) in [6, 6.07) is 1.64. The molecule has 3 heteroatoms. The number of likely N-dealkylation sites (tertiary alicyclic amines) is 1. The van der Waals surface area contributed by atoms with Gasteiger partial charge in [-0.2, -0.15) is 0 Å². The normalized spacial score (nSPS) is 30.8. The van der Waals surface area contributed by atoms with E-state index in [2.05, 4.69) is 29.0 Å². The van der Waals surface area contributed by atoms with Crippen LogP contribution in [0.1, 0.15) is 46.0 Å². The van der Waals surface area contributed by atoms with Crippen molar-refractivity contribution in [1.29, 1.82) is 0 Å². The first kappa shape index (κ1) is 14.3. The zero-order valence-corrected chi connectivity index (χ0v) is 12.3. The molecule has 0 aromatic carbocycles. The van der Waals surface area contributed by atoms with Gasteiger partial charge in [-0.3, -0.25) is 4.90 Å². The van der Waals surface area contributed by atoms with E-state index >= 15 is 0 Å². The summed E-state index contributed by atoms with van der Waals surface area (Å²) in [4.78, 5) is 5.45. The highest BCUT2D eigenvalue weighted by Crippen LogP contribution is 2.21. The van der Waals surface area contributed by atoms with Gasteiger partial charge in [0, 0.05) is 18.6 Å². The molecule has 2 saturated heterocycles. The minimum absolute atomic E-state index is 0.803. The quantitative estimate of drug-likeness (QED) is 0.808. The molecule has 0 saturated carbocycles. The third-order valence-corrected chi connectivity index (χ3v) is 4.67. The fourth-order valence-electron chi connectivity index (χ4n) is 3.75. The Labute approximate surface area is 113 Å². The van der Waals surface area contributed by atoms with Crippen LogP contribution >= 0.6 is 0 Å². The zero-order valence-electron chi connectivity index (χ0n) is 12.3. The van der Waals surface area contributed by atoms with E-state index in [-0.39, 0.29) is 0 Å². The molecule has 0 bridgehead atoms. The average molecular weight is 253 g/mol. The molecule has 2 aliphatic heterocycles. The predicted molar refractivity (Wildman–Crippen MR) is 78.0 cm³/mol. The van der Waals surface area contributed by atoms with Crippen molar-refractivity contribution < 1.29 is 0 Å². The summed E-state index contributed by atoms with van der Waals surface area (Å²) in [6.45, 7) is 12.2. The standard InChI is InChI=1S/C15H31N3/c1-3-10-17-11-5-6-14(8-12-17)18(4-2)15-7-9-16-13-15/h14-16H,3-13H2,1-2H3. The van der Waals surface area contributed by atoms with Gasteiger partial charge in [0.2, 0.25) is 0 Å². The van der Waals surface area contributed by atoms with Gasteiger partial charge >= 0.3 is 0 Å². The maximum atomic E-state index is 3.52. The highest BCUT2D eigenvalue weighted by molar-refractivity contribution is 4.86. The highest BCUT2D eigenvalue weighted by atomic mass is 15.2. The zero-order chi connectivity index (χ0) is 12.8. The first-order valence-corrected chi connectivity index (χ1v) is 8.04. The second-order valence-electron chi connectivity index (χ2n) is 5.90. The van der Waals surface area contributed by atoms with E-state index in [1.807, 2.05) is 0 Å². The number of rotatable bonds is 5. The first-order valence-electron chi connectivity index (χ1n) is 8.04. The Morgan fingerprint density at radius 1 is 1.11 bits per heavy atom. The SMILES string of the molecule is CCCN1CCCC(N(CC)C2CCNC2)CC1. The smallest absolute Gasteiger partial charge is 0.0235 e. The van der Waals surface area contributed by atoms with E-state index in [4.69, 9.17) is 0 Å². The van der Waals surface area contributed by atoms with E-state index in [1.54, 1.807) is 0 Å². The second kappa shape index (κ2) is 7.46. The summed E-state index contributed by atoms with van der Waals surface area (Å²) < 4.78 is 0. The molecule has 2 unspecified atom stereocenters. The van der Waals surface area contributed by atoms with Crippen LogP contribution in [0.5, 0.6) is 0 Å². The molecule has 0 aromatic rings. The van der Waals surface area contributed by atoms with Crippen LogP contribution in [0.2, 0.25) is 0 Å². The lowest BCUT2D eigenvalue weighted by atomic mass is 10.0. The van der Waals surface area contributed by atoms with Gasteiger partial charge < -0.3 is 10.2 Å². The Bertz CT molecular complexity index is 226. The first-order chi connectivity index (χ1) is 8.85. The number of hydrogen-bond donors (Lipinski definition) is 1. The summed E-state index contributed by atoms with van der Waals surface area (Å²) in [5, 5.41) is 3.52. The molecule has 0 aromatic heterocycles. The van der Waals surface area contributed by atoms with E-state index in [0.29, 0.717) is 0 Å². The summed E-state index contributed by atoms with van der Waals surface area (Å²) in [5.41, 5.74) is 0. The number of hydrogen-bond acceptors (Lipinski definition) is 3. The third kappa shape index (κ3) is 3.69. The molecule has 2 aliphatic rings. The molecule has 18 heavy (non-hydrogen) atoms. The summed E-state index contributed by atoms with van der Waals surface area (Å²) in [5.74, 6) is 0. The van der Waals surface area contributed by atoms with E-state index in [1.165, 1.54) is 71.4 Å². The van der Waals surface area contributed by atoms with Crippen molar-refractivity contribution >= 4 is 0 Å². The minimum Gasteiger partial charge on any atom is -0.315 e. The molecular formula is C15H31N3. The predicted octanol–water partition coefficient (Wildman–Crippen LogP) is 1.93. The van der Waals surface area contributed by atoms with Crippen LogP contribution in [-0.4, -0.2) is 61.2 Å². The number of nitrogens with zero attached hydrogens (tertiary/aromatic N) is 2. The third-order valence-electron chi connectivity index (χ3n) is 4.67. The lowest BCUT2D eigenvalue weighted by Crippen LogP contribution is -2.44. The molecule has 2 heterocycles. The lowest BCUT2D eigenvalue weighted by molar-refractivity contribution is 0.136. The van der Waals surface area contributed by atoms with Gasteiger partial charge in [0.1, 0.15) is 0 Å². The lowest BCUT2D eigenvalue weighted by Gasteiger charge is -2.35. The van der Waals surface area contributed by atoms with Crippen molar-refractivity contribution in [3.05, 3.63) is 0 Å².